The standard InChI is InChI=1S/C14H15NO3/c1-14(8-12(16)17)11-5-3-2-4-10(11)13(18)15(14)9-6-7-9/h2-5,9H,6-8H2,1H3,(H,16,17). The Kier molecular flexibility index (Phi) is 2.24. The molecular formula is C14H15NO3. The zero-order valence-electron chi connectivity index (χ0n) is 10.2. The van der Waals surface area contributed by atoms with Crippen molar-refractivity contribution in [2.24, 2.45) is 0 Å². The monoisotopic (exact) mass is 245 g/mol. The van der Waals surface area contributed by atoms with Crippen molar-refractivity contribution >= 4 is 11.9 Å². The van der Waals surface area contributed by atoms with Gasteiger partial charge in [-0.2, -0.15) is 0 Å². The zero-order valence-corrected chi connectivity index (χ0v) is 10.2. The Labute approximate surface area is 105 Å². The molecule has 1 aliphatic carbocycles. The quantitative estimate of drug-likeness (QED) is 0.886. The molecule has 0 spiro atoms. The fourth-order valence-electron chi connectivity index (χ4n) is 3.00. The lowest BCUT2D eigenvalue weighted by Crippen LogP contribution is -2.44. The van der Waals surface area contributed by atoms with Crippen LogP contribution in [0.25, 0.3) is 0 Å². The molecule has 0 saturated heterocycles. The summed E-state index contributed by atoms with van der Waals surface area (Å²) < 4.78 is 0. The van der Waals surface area contributed by atoms with Crippen LogP contribution in [0, 0.1) is 0 Å². The minimum absolute atomic E-state index is 0.0168. The van der Waals surface area contributed by atoms with Crippen molar-refractivity contribution in [2.75, 3.05) is 0 Å². The zero-order chi connectivity index (χ0) is 12.9. The maximum Gasteiger partial charge on any atom is 0.306 e. The van der Waals surface area contributed by atoms with Crippen molar-refractivity contribution in [3.05, 3.63) is 35.4 Å². The van der Waals surface area contributed by atoms with Gasteiger partial charge in [0.1, 0.15) is 0 Å². The lowest BCUT2D eigenvalue weighted by Gasteiger charge is -2.35. The number of fused-ring (bicyclic) bond motifs is 1. The second kappa shape index (κ2) is 3.57. The van der Waals surface area contributed by atoms with E-state index in [4.69, 9.17) is 5.11 Å². The van der Waals surface area contributed by atoms with Gasteiger partial charge in [-0.3, -0.25) is 9.59 Å². The number of carboxylic acid groups (broad SMARTS) is 1. The normalized spacial score (nSPS) is 26.3. The first-order valence-electron chi connectivity index (χ1n) is 6.19. The molecule has 1 aromatic rings. The van der Waals surface area contributed by atoms with Crippen LogP contribution in [0.15, 0.2) is 24.3 Å². The van der Waals surface area contributed by atoms with Gasteiger partial charge in [-0.25, -0.2) is 0 Å². The minimum Gasteiger partial charge on any atom is -0.481 e. The summed E-state index contributed by atoms with van der Waals surface area (Å²) in [5, 5.41) is 9.13. The van der Waals surface area contributed by atoms with Crippen LogP contribution < -0.4 is 0 Å². The first-order valence-corrected chi connectivity index (χ1v) is 6.19. The highest BCUT2D eigenvalue weighted by atomic mass is 16.4. The highest BCUT2D eigenvalue weighted by molar-refractivity contribution is 6.01. The fourth-order valence-corrected chi connectivity index (χ4v) is 3.00. The molecule has 94 valence electrons. The molecule has 3 rings (SSSR count). The van der Waals surface area contributed by atoms with Crippen LogP contribution in [0.4, 0.5) is 0 Å². The van der Waals surface area contributed by atoms with E-state index in [0.717, 1.165) is 18.4 Å². The number of aliphatic carboxylic acids is 1. The summed E-state index contributed by atoms with van der Waals surface area (Å²) in [4.78, 5) is 25.3. The van der Waals surface area contributed by atoms with E-state index in [1.807, 2.05) is 25.1 Å². The number of rotatable bonds is 3. The van der Waals surface area contributed by atoms with E-state index >= 15 is 0 Å². The van der Waals surface area contributed by atoms with Gasteiger partial charge >= 0.3 is 5.97 Å². The lowest BCUT2D eigenvalue weighted by molar-refractivity contribution is -0.139. The van der Waals surface area contributed by atoms with E-state index in [-0.39, 0.29) is 18.4 Å². The second-order valence-electron chi connectivity index (χ2n) is 5.30. The highest BCUT2D eigenvalue weighted by Gasteiger charge is 2.52. The highest BCUT2D eigenvalue weighted by Crippen LogP contribution is 2.47. The predicted octanol–water partition coefficient (Wildman–Crippen LogP) is 1.99. The van der Waals surface area contributed by atoms with Gasteiger partial charge in [0.2, 0.25) is 0 Å². The molecule has 18 heavy (non-hydrogen) atoms. The topological polar surface area (TPSA) is 57.6 Å². The van der Waals surface area contributed by atoms with Gasteiger partial charge in [0.25, 0.3) is 5.91 Å². The number of hydrogen-bond acceptors (Lipinski definition) is 2. The number of hydrogen-bond donors (Lipinski definition) is 1. The molecule has 1 saturated carbocycles. The molecule has 1 N–H and O–H groups in total. The van der Waals surface area contributed by atoms with Crippen molar-refractivity contribution in [3.63, 3.8) is 0 Å². The van der Waals surface area contributed by atoms with Crippen LogP contribution in [0.1, 0.15) is 42.1 Å². The minimum atomic E-state index is -0.868. The van der Waals surface area contributed by atoms with E-state index in [1.165, 1.54) is 0 Å². The van der Waals surface area contributed by atoms with E-state index < -0.39 is 11.5 Å². The molecule has 1 amide bonds. The number of nitrogens with zero attached hydrogens (tertiary/aromatic N) is 1. The average molecular weight is 245 g/mol. The third-order valence-electron chi connectivity index (χ3n) is 3.90. The van der Waals surface area contributed by atoms with Crippen molar-refractivity contribution < 1.29 is 14.7 Å². The molecule has 4 nitrogen and oxygen atoms in total. The van der Waals surface area contributed by atoms with Crippen molar-refractivity contribution in [1.29, 1.82) is 0 Å². The van der Waals surface area contributed by atoms with Gasteiger partial charge in [0.05, 0.1) is 12.0 Å². The molecule has 1 aliphatic heterocycles. The Morgan fingerprint density at radius 2 is 2.11 bits per heavy atom. The van der Waals surface area contributed by atoms with Crippen LogP contribution in [-0.4, -0.2) is 27.9 Å². The van der Waals surface area contributed by atoms with Crippen LogP contribution in [-0.2, 0) is 10.3 Å². The van der Waals surface area contributed by atoms with Gasteiger partial charge in [0, 0.05) is 11.6 Å². The number of amides is 1. The summed E-state index contributed by atoms with van der Waals surface area (Å²) in [6, 6.07) is 7.57. The molecule has 0 aromatic heterocycles. The Balaban J connectivity index is 2.12. The number of carbonyl (C=O) groups excluding carboxylic acids is 1. The van der Waals surface area contributed by atoms with Crippen molar-refractivity contribution in [3.8, 4) is 0 Å². The number of benzene rings is 1. The smallest absolute Gasteiger partial charge is 0.306 e. The van der Waals surface area contributed by atoms with E-state index in [9.17, 15) is 9.59 Å². The molecule has 1 atom stereocenters. The van der Waals surface area contributed by atoms with Gasteiger partial charge in [0.15, 0.2) is 0 Å². The van der Waals surface area contributed by atoms with Gasteiger partial charge in [-0.15, -0.1) is 0 Å². The Hall–Kier alpha value is -1.84. The average Bonchev–Trinajstić information content (AvgIpc) is 3.09. The molecular weight excluding hydrogens is 230 g/mol. The molecule has 1 unspecified atom stereocenters. The largest absolute Gasteiger partial charge is 0.481 e. The summed E-state index contributed by atoms with van der Waals surface area (Å²) in [5.74, 6) is -0.885. The maximum absolute atomic E-state index is 12.4. The van der Waals surface area contributed by atoms with Crippen molar-refractivity contribution in [1.82, 2.24) is 4.90 Å². The summed E-state index contributed by atoms with van der Waals surface area (Å²) in [6.07, 6.45) is 1.93. The Bertz CT molecular complexity index is 536. The van der Waals surface area contributed by atoms with Crippen LogP contribution in [0.5, 0.6) is 0 Å². The summed E-state index contributed by atoms with van der Waals surface area (Å²) in [5.41, 5.74) is 0.818. The first-order chi connectivity index (χ1) is 8.54. The van der Waals surface area contributed by atoms with E-state index in [0.29, 0.717) is 5.56 Å². The summed E-state index contributed by atoms with van der Waals surface area (Å²) in [7, 11) is 0. The van der Waals surface area contributed by atoms with Crippen LogP contribution in [0.3, 0.4) is 0 Å². The lowest BCUT2D eigenvalue weighted by atomic mass is 9.88. The van der Waals surface area contributed by atoms with E-state index in [2.05, 4.69) is 0 Å². The van der Waals surface area contributed by atoms with Gasteiger partial charge < -0.3 is 10.0 Å². The molecule has 2 aliphatic rings. The molecule has 4 heteroatoms. The Morgan fingerprint density at radius 3 is 2.72 bits per heavy atom. The third kappa shape index (κ3) is 1.45. The molecule has 0 bridgehead atoms. The van der Waals surface area contributed by atoms with E-state index in [1.54, 1.807) is 11.0 Å². The van der Waals surface area contributed by atoms with Crippen LogP contribution >= 0.6 is 0 Å². The SMILES string of the molecule is CC1(CC(=O)O)c2ccccc2C(=O)N1C1CC1. The maximum atomic E-state index is 12.4. The molecule has 0 radical (unpaired) electrons. The third-order valence-corrected chi connectivity index (χ3v) is 3.90. The molecule has 1 fully saturated rings. The fraction of sp³-hybridized carbons (Fsp3) is 0.429. The van der Waals surface area contributed by atoms with Gasteiger partial charge in [-0.1, -0.05) is 18.2 Å². The molecule has 1 heterocycles. The van der Waals surface area contributed by atoms with Crippen LogP contribution in [0.2, 0.25) is 0 Å². The summed E-state index contributed by atoms with van der Waals surface area (Å²) in [6.45, 7) is 1.86. The number of carboxylic acids is 1. The van der Waals surface area contributed by atoms with Crippen molar-refractivity contribution in [2.45, 2.75) is 37.8 Å². The molecule has 1 aromatic carbocycles. The second-order valence-corrected chi connectivity index (χ2v) is 5.30. The Morgan fingerprint density at radius 1 is 1.44 bits per heavy atom. The predicted molar refractivity (Wildman–Crippen MR) is 65.2 cm³/mol. The van der Waals surface area contributed by atoms with Gasteiger partial charge in [-0.05, 0) is 31.4 Å². The first kappa shape index (κ1) is 11.3. The number of carbonyl (C=O) groups is 2. The summed E-state index contributed by atoms with van der Waals surface area (Å²) >= 11 is 0.